The zero-order valence-electron chi connectivity index (χ0n) is 11.6. The van der Waals surface area contributed by atoms with E-state index in [-0.39, 0.29) is 18.3 Å². The van der Waals surface area contributed by atoms with Crippen molar-refractivity contribution in [2.45, 2.75) is 6.42 Å². The molecule has 0 saturated carbocycles. The minimum Gasteiger partial charge on any atom is -0.423 e. The fourth-order valence-corrected chi connectivity index (χ4v) is 2.05. The number of rotatable bonds is 4. The Balaban J connectivity index is 1.68. The van der Waals surface area contributed by atoms with Crippen molar-refractivity contribution < 1.29 is 13.6 Å². The molecule has 1 heterocycles. The van der Waals surface area contributed by atoms with E-state index in [4.69, 9.17) is 4.42 Å². The molecule has 1 N–H and O–H groups in total. The van der Waals surface area contributed by atoms with Crippen LogP contribution in [-0.2, 0) is 11.2 Å². The van der Waals surface area contributed by atoms with Gasteiger partial charge in [0.2, 0.25) is 5.91 Å². The molecule has 0 saturated heterocycles. The highest BCUT2D eigenvalue weighted by Crippen LogP contribution is 2.22. The monoisotopic (exact) mass is 296 g/mol. The van der Waals surface area contributed by atoms with Crippen LogP contribution in [0.2, 0.25) is 0 Å². The summed E-state index contributed by atoms with van der Waals surface area (Å²) < 4.78 is 19.0. The lowest BCUT2D eigenvalue weighted by atomic mass is 10.1. The van der Waals surface area contributed by atoms with Crippen LogP contribution in [0.3, 0.4) is 0 Å². The zero-order valence-corrected chi connectivity index (χ0v) is 11.6. The van der Waals surface area contributed by atoms with Gasteiger partial charge in [0.05, 0.1) is 12.6 Å². The normalized spacial score (nSPS) is 10.4. The smallest absolute Gasteiger partial charge is 0.301 e. The molecule has 110 valence electrons. The molecule has 3 rings (SSSR count). The SMILES string of the molecule is O=C(Cc1ccccc1F)Nc1ncc(-c2ccccc2)o1. The molecule has 2 aromatic carbocycles. The highest BCUT2D eigenvalue weighted by atomic mass is 19.1. The number of amides is 1. The first kappa shape index (κ1) is 14.0. The van der Waals surface area contributed by atoms with Crippen LogP contribution in [0.25, 0.3) is 11.3 Å². The maximum atomic E-state index is 13.5. The van der Waals surface area contributed by atoms with E-state index >= 15 is 0 Å². The van der Waals surface area contributed by atoms with Gasteiger partial charge in [0.1, 0.15) is 5.82 Å². The number of benzene rings is 2. The summed E-state index contributed by atoms with van der Waals surface area (Å²) in [6.07, 6.45) is 1.46. The molecule has 3 aromatic rings. The highest BCUT2D eigenvalue weighted by Gasteiger charge is 2.11. The summed E-state index contributed by atoms with van der Waals surface area (Å²) in [6, 6.07) is 15.7. The third-order valence-corrected chi connectivity index (χ3v) is 3.12. The summed E-state index contributed by atoms with van der Waals surface area (Å²) in [5.74, 6) is -0.233. The molecule has 0 aliphatic rings. The fraction of sp³-hybridized carbons (Fsp3) is 0.0588. The van der Waals surface area contributed by atoms with E-state index < -0.39 is 5.82 Å². The second kappa shape index (κ2) is 6.22. The van der Waals surface area contributed by atoms with Gasteiger partial charge in [0, 0.05) is 5.56 Å². The number of hydrogen-bond acceptors (Lipinski definition) is 3. The van der Waals surface area contributed by atoms with E-state index in [9.17, 15) is 9.18 Å². The van der Waals surface area contributed by atoms with Crippen molar-refractivity contribution in [3.8, 4) is 11.3 Å². The summed E-state index contributed by atoms with van der Waals surface area (Å²) in [6.45, 7) is 0. The third kappa shape index (κ3) is 3.20. The highest BCUT2D eigenvalue weighted by molar-refractivity contribution is 5.90. The van der Waals surface area contributed by atoms with Crippen LogP contribution in [0, 0.1) is 5.82 Å². The molecule has 0 bridgehead atoms. The first-order chi connectivity index (χ1) is 10.7. The Morgan fingerprint density at radius 2 is 1.82 bits per heavy atom. The molecular weight excluding hydrogens is 283 g/mol. The van der Waals surface area contributed by atoms with Gasteiger partial charge in [-0.15, -0.1) is 0 Å². The fourth-order valence-electron chi connectivity index (χ4n) is 2.05. The summed E-state index contributed by atoms with van der Waals surface area (Å²) in [7, 11) is 0. The predicted octanol–water partition coefficient (Wildman–Crippen LogP) is 3.66. The van der Waals surface area contributed by atoms with E-state index in [2.05, 4.69) is 10.3 Å². The largest absolute Gasteiger partial charge is 0.423 e. The van der Waals surface area contributed by atoms with Crippen LogP contribution in [0.5, 0.6) is 0 Å². The van der Waals surface area contributed by atoms with E-state index in [0.717, 1.165) is 5.56 Å². The maximum absolute atomic E-state index is 13.5. The van der Waals surface area contributed by atoms with Gasteiger partial charge in [0.15, 0.2) is 5.76 Å². The second-order valence-corrected chi connectivity index (χ2v) is 4.71. The van der Waals surface area contributed by atoms with E-state index in [1.807, 2.05) is 30.3 Å². The van der Waals surface area contributed by atoms with E-state index in [1.54, 1.807) is 18.2 Å². The van der Waals surface area contributed by atoms with Crippen LogP contribution in [-0.4, -0.2) is 10.9 Å². The van der Waals surface area contributed by atoms with Crippen LogP contribution in [0.1, 0.15) is 5.56 Å². The Hall–Kier alpha value is -2.95. The van der Waals surface area contributed by atoms with Crippen LogP contribution in [0.4, 0.5) is 10.4 Å². The van der Waals surface area contributed by atoms with Crippen molar-refractivity contribution in [3.05, 3.63) is 72.2 Å². The molecule has 0 fully saturated rings. The minimum absolute atomic E-state index is 0.0737. The number of carbonyl (C=O) groups excluding carboxylic acids is 1. The number of nitrogens with zero attached hydrogens (tertiary/aromatic N) is 1. The molecule has 4 nitrogen and oxygen atoms in total. The lowest BCUT2D eigenvalue weighted by molar-refractivity contribution is -0.115. The first-order valence-corrected chi connectivity index (χ1v) is 6.77. The van der Waals surface area contributed by atoms with Gasteiger partial charge in [-0.25, -0.2) is 9.37 Å². The van der Waals surface area contributed by atoms with Gasteiger partial charge < -0.3 is 4.42 Å². The van der Waals surface area contributed by atoms with Gasteiger partial charge in [0.25, 0.3) is 0 Å². The topological polar surface area (TPSA) is 55.1 Å². The van der Waals surface area contributed by atoms with E-state index in [1.165, 1.54) is 12.3 Å². The minimum atomic E-state index is -0.407. The Morgan fingerprint density at radius 3 is 2.59 bits per heavy atom. The first-order valence-electron chi connectivity index (χ1n) is 6.77. The Kier molecular flexibility index (Phi) is 3.96. The van der Waals surface area contributed by atoms with Gasteiger partial charge >= 0.3 is 6.01 Å². The standard InChI is InChI=1S/C17H13FN2O2/c18-14-9-5-4-8-13(14)10-16(21)20-17-19-11-15(22-17)12-6-2-1-3-7-12/h1-9,11H,10H2,(H,19,20,21). The quantitative estimate of drug-likeness (QED) is 0.799. The van der Waals surface area contributed by atoms with Crippen molar-refractivity contribution in [3.63, 3.8) is 0 Å². The molecule has 0 aliphatic heterocycles. The average Bonchev–Trinajstić information content (AvgIpc) is 2.99. The number of carbonyl (C=O) groups is 1. The maximum Gasteiger partial charge on any atom is 0.301 e. The van der Waals surface area contributed by atoms with E-state index in [0.29, 0.717) is 11.3 Å². The predicted molar refractivity (Wildman–Crippen MR) is 80.7 cm³/mol. The van der Waals surface area contributed by atoms with Gasteiger partial charge in [-0.1, -0.05) is 48.5 Å². The Labute approximate surface area is 126 Å². The van der Waals surface area contributed by atoms with Crippen molar-refractivity contribution in [2.75, 3.05) is 5.32 Å². The average molecular weight is 296 g/mol. The van der Waals surface area contributed by atoms with Crippen molar-refractivity contribution in [2.24, 2.45) is 0 Å². The van der Waals surface area contributed by atoms with Gasteiger partial charge in [-0.3, -0.25) is 10.1 Å². The summed E-state index contributed by atoms with van der Waals surface area (Å²) >= 11 is 0. The number of nitrogens with one attached hydrogen (secondary N) is 1. The third-order valence-electron chi connectivity index (χ3n) is 3.12. The van der Waals surface area contributed by atoms with Gasteiger partial charge in [-0.2, -0.15) is 0 Å². The molecule has 1 aromatic heterocycles. The summed E-state index contributed by atoms with van der Waals surface area (Å²) in [4.78, 5) is 15.9. The van der Waals surface area contributed by atoms with Crippen molar-refractivity contribution in [1.29, 1.82) is 0 Å². The molecule has 0 spiro atoms. The number of aromatic nitrogens is 1. The van der Waals surface area contributed by atoms with Crippen molar-refractivity contribution in [1.82, 2.24) is 4.98 Å². The number of halogens is 1. The molecule has 22 heavy (non-hydrogen) atoms. The molecule has 5 heteroatoms. The number of oxazole rings is 1. The Bertz CT molecular complexity index is 784. The zero-order chi connectivity index (χ0) is 15.4. The van der Waals surface area contributed by atoms with Crippen LogP contribution < -0.4 is 5.32 Å². The molecular formula is C17H13FN2O2. The number of hydrogen-bond donors (Lipinski definition) is 1. The summed E-state index contributed by atoms with van der Waals surface area (Å²) in [5, 5.41) is 2.52. The van der Waals surface area contributed by atoms with Gasteiger partial charge in [-0.05, 0) is 11.6 Å². The second-order valence-electron chi connectivity index (χ2n) is 4.71. The lowest BCUT2D eigenvalue weighted by Crippen LogP contribution is -2.15. The van der Waals surface area contributed by atoms with Crippen LogP contribution >= 0.6 is 0 Å². The summed E-state index contributed by atoms with van der Waals surface area (Å²) in [5.41, 5.74) is 1.19. The molecule has 0 unspecified atom stereocenters. The Morgan fingerprint density at radius 1 is 1.09 bits per heavy atom. The molecule has 0 atom stereocenters. The van der Waals surface area contributed by atoms with Crippen LogP contribution in [0.15, 0.2) is 65.2 Å². The lowest BCUT2D eigenvalue weighted by Gasteiger charge is -2.02. The molecule has 0 radical (unpaired) electrons. The molecule has 1 amide bonds. The van der Waals surface area contributed by atoms with Crippen molar-refractivity contribution >= 4 is 11.9 Å². The number of anilines is 1. The molecule has 0 aliphatic carbocycles.